The number of hydrogen-bond donors (Lipinski definition) is 0. The van der Waals surface area contributed by atoms with Crippen LogP contribution in [0.3, 0.4) is 0 Å². The first-order valence-corrected chi connectivity index (χ1v) is 8.65. The second-order valence-corrected chi connectivity index (χ2v) is 7.41. The van der Waals surface area contributed by atoms with Crippen molar-refractivity contribution >= 4 is 18.0 Å². The summed E-state index contributed by atoms with van der Waals surface area (Å²) >= 11 is 0. The van der Waals surface area contributed by atoms with Crippen LogP contribution in [0.1, 0.15) is 47.9 Å². The molecule has 0 amide bonds. The van der Waals surface area contributed by atoms with Crippen LogP contribution in [0.25, 0.3) is 0 Å². The third-order valence-electron chi connectivity index (χ3n) is 5.86. The number of ether oxygens (including phenoxy) is 1. The molecule has 1 aromatic rings. The number of aldehydes is 1. The van der Waals surface area contributed by atoms with Gasteiger partial charge in [0, 0.05) is 5.92 Å². The Morgan fingerprint density at radius 3 is 2.23 bits per heavy atom. The molecule has 0 bridgehead atoms. The average molecular weight is 359 g/mol. The maximum atomic E-state index is 13.3. The number of nitro groups is 1. The van der Waals surface area contributed by atoms with Gasteiger partial charge in [0.15, 0.2) is 5.60 Å². The second-order valence-electron chi connectivity index (χ2n) is 7.41. The van der Waals surface area contributed by atoms with Gasteiger partial charge in [0.1, 0.15) is 6.29 Å². The Balaban J connectivity index is 2.15. The molecule has 1 aliphatic heterocycles. The first kappa shape index (κ1) is 18.2. The van der Waals surface area contributed by atoms with E-state index in [1.807, 2.05) is 6.92 Å². The third-order valence-corrected chi connectivity index (χ3v) is 5.86. The van der Waals surface area contributed by atoms with Gasteiger partial charge >= 0.3 is 11.5 Å². The van der Waals surface area contributed by atoms with Crippen LogP contribution in [0.15, 0.2) is 12.1 Å². The molecule has 1 saturated carbocycles. The molecule has 7 nitrogen and oxygen atoms in total. The molecule has 1 aromatic carbocycles. The van der Waals surface area contributed by atoms with Crippen LogP contribution in [-0.4, -0.2) is 28.6 Å². The zero-order valence-corrected chi connectivity index (χ0v) is 15.0. The fraction of sp³-hybridized carbons (Fsp3) is 0.526. The normalized spacial score (nSPS) is 31.1. The minimum Gasteiger partial charge on any atom is -0.445 e. The molecule has 7 heteroatoms. The zero-order valence-electron chi connectivity index (χ0n) is 15.0. The number of ketones is 1. The van der Waals surface area contributed by atoms with Crippen LogP contribution in [-0.2, 0) is 24.7 Å². The summed E-state index contributed by atoms with van der Waals surface area (Å²) < 4.78 is 5.41. The van der Waals surface area contributed by atoms with Crippen LogP contribution >= 0.6 is 0 Å². The van der Waals surface area contributed by atoms with E-state index in [-0.39, 0.29) is 24.3 Å². The summed E-state index contributed by atoms with van der Waals surface area (Å²) in [4.78, 5) is 48.3. The molecule has 0 N–H and O–H groups in total. The minimum atomic E-state index is -2.53. The lowest BCUT2D eigenvalue weighted by Gasteiger charge is -2.32. The summed E-state index contributed by atoms with van der Waals surface area (Å²) in [6, 6.07) is 3.29. The first-order valence-electron chi connectivity index (χ1n) is 8.65. The Kier molecular flexibility index (Phi) is 4.21. The monoisotopic (exact) mass is 359 g/mol. The molecule has 26 heavy (non-hydrogen) atoms. The predicted octanol–water partition coefficient (Wildman–Crippen LogP) is 2.34. The molecule has 1 saturated heterocycles. The number of rotatable bonds is 3. The number of nitrogens with zero attached hydrogens (tertiary/aromatic N) is 1. The van der Waals surface area contributed by atoms with Gasteiger partial charge in [-0.1, -0.05) is 6.07 Å². The Bertz CT molecular complexity index is 822. The van der Waals surface area contributed by atoms with E-state index < -0.39 is 27.8 Å². The first-order chi connectivity index (χ1) is 12.2. The zero-order chi connectivity index (χ0) is 19.3. The van der Waals surface area contributed by atoms with Gasteiger partial charge in [-0.25, -0.2) is 4.79 Å². The van der Waals surface area contributed by atoms with Crippen molar-refractivity contribution in [2.45, 2.75) is 57.6 Å². The number of benzene rings is 1. The summed E-state index contributed by atoms with van der Waals surface area (Å²) in [5, 5.41) is 12.1. The van der Waals surface area contributed by atoms with Gasteiger partial charge in [-0.15, -0.1) is 0 Å². The Labute approximate surface area is 150 Å². The Morgan fingerprint density at radius 1 is 1.12 bits per heavy atom. The molecule has 0 radical (unpaired) electrons. The maximum absolute atomic E-state index is 13.3. The van der Waals surface area contributed by atoms with Crippen molar-refractivity contribution < 1.29 is 24.0 Å². The highest BCUT2D eigenvalue weighted by atomic mass is 16.7. The lowest BCUT2D eigenvalue weighted by atomic mass is 9.71. The molecule has 138 valence electrons. The van der Waals surface area contributed by atoms with Gasteiger partial charge in [-0.05, 0) is 69.2 Å². The number of aryl methyl sites for hydroxylation is 3. The molecule has 2 fully saturated rings. The topological polar surface area (TPSA) is 104 Å². The second kappa shape index (κ2) is 6.00. The highest BCUT2D eigenvalue weighted by Gasteiger charge is 2.75. The number of hydrogen-bond acceptors (Lipinski definition) is 6. The quantitative estimate of drug-likeness (QED) is 0.270. The lowest BCUT2D eigenvalue weighted by molar-refractivity contribution is -0.543. The molecule has 1 aliphatic carbocycles. The van der Waals surface area contributed by atoms with Gasteiger partial charge in [-0.2, -0.15) is 0 Å². The minimum absolute atomic E-state index is 0.0787. The van der Waals surface area contributed by atoms with E-state index in [2.05, 4.69) is 0 Å². The van der Waals surface area contributed by atoms with E-state index in [1.165, 1.54) is 0 Å². The number of carbonyl (C=O) groups excluding carboxylic acids is 3. The van der Waals surface area contributed by atoms with Gasteiger partial charge in [-0.3, -0.25) is 14.9 Å². The van der Waals surface area contributed by atoms with E-state index in [0.717, 1.165) is 17.4 Å². The van der Waals surface area contributed by atoms with Gasteiger partial charge in [0.25, 0.3) is 5.78 Å². The summed E-state index contributed by atoms with van der Waals surface area (Å²) in [6.07, 6.45) is 1.85. The van der Waals surface area contributed by atoms with Crippen molar-refractivity contribution in [3.8, 4) is 0 Å². The third kappa shape index (κ3) is 2.29. The van der Waals surface area contributed by atoms with Gasteiger partial charge in [0.05, 0.1) is 10.5 Å². The van der Waals surface area contributed by atoms with Crippen molar-refractivity contribution in [3.05, 3.63) is 44.5 Å². The highest BCUT2D eigenvalue weighted by molar-refractivity contribution is 6.16. The van der Waals surface area contributed by atoms with E-state index in [4.69, 9.17) is 4.74 Å². The largest absolute Gasteiger partial charge is 0.445 e. The molecule has 1 heterocycles. The van der Waals surface area contributed by atoms with Crippen LogP contribution in [0, 0.1) is 36.8 Å². The van der Waals surface area contributed by atoms with Gasteiger partial charge in [0.2, 0.25) is 0 Å². The molecule has 1 atom stereocenters. The Hall–Kier alpha value is -2.57. The number of Topliss-reactive ketones (excluding diaryl/α,β-unsaturated/α-hetero) is 1. The molecule has 1 unspecified atom stereocenters. The van der Waals surface area contributed by atoms with Crippen molar-refractivity contribution in [1.29, 1.82) is 0 Å². The van der Waals surface area contributed by atoms with Crippen LogP contribution in [0.5, 0.6) is 0 Å². The standard InChI is InChI=1S/C19H21NO6/c1-11-8-13(3)15(9-12(11)2)19(20(24)25)16(22)18(26-17(19)23)6-4-14(10-21)5-7-18/h8-10,14H,4-7H2,1-3H3. The number of esters is 1. The van der Waals surface area contributed by atoms with Crippen molar-refractivity contribution in [2.24, 2.45) is 5.92 Å². The molecular weight excluding hydrogens is 338 g/mol. The van der Waals surface area contributed by atoms with Crippen LogP contribution in [0.2, 0.25) is 0 Å². The molecule has 0 aromatic heterocycles. The lowest BCUT2D eigenvalue weighted by Crippen LogP contribution is -2.51. The highest BCUT2D eigenvalue weighted by Crippen LogP contribution is 2.48. The molecule has 2 aliphatic rings. The van der Waals surface area contributed by atoms with E-state index in [1.54, 1.807) is 26.0 Å². The fourth-order valence-corrected chi connectivity index (χ4v) is 4.13. The summed E-state index contributed by atoms with van der Waals surface area (Å²) in [6.45, 7) is 5.30. The Morgan fingerprint density at radius 2 is 1.69 bits per heavy atom. The van der Waals surface area contributed by atoms with Crippen molar-refractivity contribution in [1.82, 2.24) is 0 Å². The summed E-state index contributed by atoms with van der Waals surface area (Å²) in [5.41, 5.74) is -1.77. The van der Waals surface area contributed by atoms with Gasteiger partial charge < -0.3 is 9.53 Å². The number of carbonyl (C=O) groups is 3. The molecular formula is C19H21NO6. The summed E-state index contributed by atoms with van der Waals surface area (Å²) in [5.74, 6) is -2.14. The molecule has 1 spiro atoms. The SMILES string of the molecule is Cc1cc(C)c(C2([N+](=O)[O-])C(=O)OC3(CCC(C=O)CC3)C2=O)cc1C. The average Bonchev–Trinajstić information content (AvgIpc) is 2.80. The van der Waals surface area contributed by atoms with E-state index >= 15 is 0 Å². The van der Waals surface area contributed by atoms with E-state index in [9.17, 15) is 24.5 Å². The van der Waals surface area contributed by atoms with Crippen molar-refractivity contribution in [2.75, 3.05) is 0 Å². The van der Waals surface area contributed by atoms with E-state index in [0.29, 0.717) is 18.4 Å². The fourth-order valence-electron chi connectivity index (χ4n) is 4.13. The van der Waals surface area contributed by atoms with Crippen LogP contribution in [0.4, 0.5) is 0 Å². The van der Waals surface area contributed by atoms with Crippen LogP contribution < -0.4 is 0 Å². The molecule has 3 rings (SSSR count). The summed E-state index contributed by atoms with van der Waals surface area (Å²) in [7, 11) is 0. The predicted molar refractivity (Wildman–Crippen MR) is 91.2 cm³/mol. The smallest absolute Gasteiger partial charge is 0.402 e. The maximum Gasteiger partial charge on any atom is 0.402 e. The van der Waals surface area contributed by atoms with Crippen molar-refractivity contribution in [3.63, 3.8) is 0 Å².